The van der Waals surface area contributed by atoms with Gasteiger partial charge in [0.2, 0.25) is 0 Å². The van der Waals surface area contributed by atoms with Crippen molar-refractivity contribution in [3.05, 3.63) is 277 Å². The number of rotatable bonds is 18. The van der Waals surface area contributed by atoms with E-state index in [2.05, 4.69) is 29.9 Å². The number of nitrogens with zero attached hydrogens (tertiary/aromatic N) is 8. The molecule has 510 valence electrons. The third-order valence-corrected chi connectivity index (χ3v) is 16.0. The molecule has 0 fully saturated rings. The number of aromatic nitrogens is 8. The van der Waals surface area contributed by atoms with Gasteiger partial charge in [0.15, 0.2) is 0 Å². The van der Waals surface area contributed by atoms with E-state index < -0.39 is 23.7 Å². The molecule has 0 spiro atoms. The van der Waals surface area contributed by atoms with E-state index in [1.54, 1.807) is 51.8 Å². The summed E-state index contributed by atoms with van der Waals surface area (Å²) in [5, 5.41) is 21.2. The zero-order chi connectivity index (χ0) is 70.8. The van der Waals surface area contributed by atoms with E-state index >= 15 is 0 Å². The minimum Gasteiger partial charge on any atom is -0.489 e. The third-order valence-electron chi connectivity index (χ3n) is 16.0. The van der Waals surface area contributed by atoms with Crippen molar-refractivity contribution in [1.82, 2.24) is 39.1 Å². The molecular formula is C79H66F4N8O10. The van der Waals surface area contributed by atoms with Gasteiger partial charge in [-0.2, -0.15) is 33.6 Å². The third kappa shape index (κ3) is 17.0. The largest absolute Gasteiger partial charge is 0.489 e. The summed E-state index contributed by atoms with van der Waals surface area (Å²) in [6.07, 6.45) is -4.50. The number of para-hydroxylation sites is 4. The van der Waals surface area contributed by atoms with Gasteiger partial charge in [-0.3, -0.25) is 37.9 Å². The lowest BCUT2D eigenvalue weighted by Gasteiger charge is -2.11. The zero-order valence-electron chi connectivity index (χ0n) is 55.2. The second kappa shape index (κ2) is 32.6. The van der Waals surface area contributed by atoms with Crippen molar-refractivity contribution in [1.29, 1.82) is 0 Å². The predicted molar refractivity (Wildman–Crippen MR) is 375 cm³/mol. The number of carbonyl (C=O) groups is 4. The van der Waals surface area contributed by atoms with E-state index in [0.29, 0.717) is 35.4 Å². The molecule has 0 unspecified atom stereocenters. The van der Waals surface area contributed by atoms with Crippen LogP contribution in [0.25, 0.3) is 88.6 Å². The van der Waals surface area contributed by atoms with Crippen molar-refractivity contribution in [2.75, 3.05) is 28.4 Å². The summed E-state index contributed by atoms with van der Waals surface area (Å²) in [7, 11) is 5.32. The average molecular weight is 1360 g/mol. The van der Waals surface area contributed by atoms with Crippen molar-refractivity contribution in [3.63, 3.8) is 0 Å². The fourth-order valence-corrected chi connectivity index (χ4v) is 11.1. The highest BCUT2D eigenvalue weighted by Gasteiger charge is 2.35. The SMILES string of the molecule is COC(=O)Cn1nc(-c2ccc(OCc3ccccc3)cc2)c2ccccc21.COC(=O)Cn1nc(-c2cccc(OCc3ccccc3)c2)c2ccccc21.COC(=O)Cn1nc(-c2ccccc2C(F)(F)F)c2ccccc21.COC(=O)Cn1nc(-c2ccccc2F)c2ccccc21. The summed E-state index contributed by atoms with van der Waals surface area (Å²) in [6, 6.07) is 77.4. The molecule has 10 aromatic carbocycles. The van der Waals surface area contributed by atoms with E-state index in [-0.39, 0.29) is 55.2 Å². The molecule has 0 N–H and O–H groups in total. The Kier molecular flexibility index (Phi) is 22.4. The Morgan fingerprint density at radius 3 is 1.12 bits per heavy atom. The smallest absolute Gasteiger partial charge is 0.417 e. The maximum Gasteiger partial charge on any atom is 0.417 e. The lowest BCUT2D eigenvalue weighted by Crippen LogP contribution is -2.12. The zero-order valence-corrected chi connectivity index (χ0v) is 55.2. The van der Waals surface area contributed by atoms with Crippen LogP contribution < -0.4 is 9.47 Å². The van der Waals surface area contributed by atoms with Crippen LogP contribution in [0.3, 0.4) is 0 Å². The maximum absolute atomic E-state index is 14.0. The highest BCUT2D eigenvalue weighted by atomic mass is 19.4. The summed E-state index contributed by atoms with van der Waals surface area (Å²) in [5.41, 5.74) is 9.22. The normalized spacial score (nSPS) is 11.0. The molecule has 18 nitrogen and oxygen atoms in total. The topological polar surface area (TPSA) is 195 Å². The fourth-order valence-electron chi connectivity index (χ4n) is 11.1. The highest BCUT2D eigenvalue weighted by molar-refractivity contribution is 5.97. The number of hydrogen-bond donors (Lipinski definition) is 0. The van der Waals surface area contributed by atoms with Gasteiger partial charge in [-0.1, -0.05) is 176 Å². The number of fused-ring (bicyclic) bond motifs is 4. The van der Waals surface area contributed by atoms with Crippen LogP contribution in [0, 0.1) is 5.82 Å². The molecule has 0 amide bonds. The number of benzene rings is 10. The molecule has 14 rings (SSSR count). The maximum atomic E-state index is 14.0. The van der Waals surface area contributed by atoms with Crippen LogP contribution in [0.4, 0.5) is 17.6 Å². The van der Waals surface area contributed by atoms with Gasteiger partial charge in [0.05, 0.1) is 56.1 Å². The average Bonchev–Trinajstić information content (AvgIpc) is 1.66. The van der Waals surface area contributed by atoms with Gasteiger partial charge in [-0.25, -0.2) is 4.39 Å². The van der Waals surface area contributed by atoms with E-state index in [0.717, 1.165) is 83.9 Å². The fraction of sp³-hybridized carbons (Fsp3) is 0.139. The molecule has 22 heteroatoms. The number of halogens is 4. The van der Waals surface area contributed by atoms with Crippen molar-refractivity contribution in [3.8, 4) is 56.5 Å². The summed E-state index contributed by atoms with van der Waals surface area (Å²) in [6.45, 7) is 0.992. The van der Waals surface area contributed by atoms with Crippen LogP contribution in [-0.2, 0) is 83.7 Å². The molecule has 0 saturated carbocycles. The van der Waals surface area contributed by atoms with Gasteiger partial charge in [-0.05, 0) is 90.0 Å². The van der Waals surface area contributed by atoms with Crippen LogP contribution >= 0.6 is 0 Å². The number of methoxy groups -OCH3 is 4. The summed E-state index contributed by atoms with van der Waals surface area (Å²) in [5.74, 6) is -0.365. The first-order chi connectivity index (χ1) is 49.1. The van der Waals surface area contributed by atoms with Gasteiger partial charge >= 0.3 is 30.1 Å². The van der Waals surface area contributed by atoms with Gasteiger partial charge in [-0.15, -0.1) is 0 Å². The standard InChI is InChI=1S/2C23H20N2O3.C17H13F3N2O2.C16H13FN2O2/c1-27-22(26)15-25-21-13-6-5-12-20(21)23(24-25)18-10-7-11-19(14-18)28-16-17-8-3-2-4-9-17;1-27-22(26)15-25-21-10-6-5-9-20(21)23(24-25)18-11-13-19(14-12-18)28-16-17-7-3-2-4-8-17;1-24-15(23)10-22-14-9-5-3-7-12(14)16(21-22)11-6-2-4-8-13(11)17(18,19)20;1-21-15(20)10-19-14-9-5-3-7-12(14)16(18-19)11-6-2-4-8-13(11)17/h2*2-14H,15-16H2,1H3;2-9H,10H2,1H3;2-9H,10H2,1H3. The van der Waals surface area contributed by atoms with E-state index in [9.17, 15) is 36.7 Å². The van der Waals surface area contributed by atoms with E-state index in [1.165, 1.54) is 62.1 Å². The van der Waals surface area contributed by atoms with Gasteiger partial charge < -0.3 is 28.4 Å². The minimum atomic E-state index is -4.50. The number of ether oxygens (including phenoxy) is 6. The van der Waals surface area contributed by atoms with E-state index in [4.69, 9.17) is 18.9 Å². The van der Waals surface area contributed by atoms with Crippen LogP contribution in [0.5, 0.6) is 11.5 Å². The first kappa shape index (κ1) is 69.6. The lowest BCUT2D eigenvalue weighted by molar-refractivity contribution is -0.142. The molecule has 0 aliphatic carbocycles. The van der Waals surface area contributed by atoms with Crippen molar-refractivity contribution >= 4 is 67.5 Å². The molecule has 0 radical (unpaired) electrons. The molecule has 0 aliphatic rings. The molecule has 4 heterocycles. The monoisotopic (exact) mass is 1360 g/mol. The number of esters is 4. The molecule has 101 heavy (non-hydrogen) atoms. The van der Waals surface area contributed by atoms with Crippen LogP contribution in [-0.4, -0.2) is 91.4 Å². The molecule has 0 aliphatic heterocycles. The number of hydrogen-bond acceptors (Lipinski definition) is 14. The Bertz CT molecular complexity index is 5190. The Hall–Kier alpha value is -12.7. The molecular weight excluding hydrogens is 1300 g/mol. The Morgan fingerprint density at radius 1 is 0.347 bits per heavy atom. The Morgan fingerprint density at radius 2 is 0.693 bits per heavy atom. The number of carbonyl (C=O) groups excluding carboxylic acids is 4. The van der Waals surface area contributed by atoms with Crippen LogP contribution in [0.1, 0.15) is 16.7 Å². The Labute approximate surface area is 577 Å². The summed E-state index contributed by atoms with van der Waals surface area (Å²) < 4.78 is 90.8. The van der Waals surface area contributed by atoms with Gasteiger partial charge in [0, 0.05) is 43.8 Å². The van der Waals surface area contributed by atoms with Crippen molar-refractivity contribution < 1.29 is 65.2 Å². The predicted octanol–water partition coefficient (Wildman–Crippen LogP) is 15.8. The molecule has 4 aromatic heterocycles. The van der Waals surface area contributed by atoms with Crippen LogP contribution in [0.2, 0.25) is 0 Å². The summed E-state index contributed by atoms with van der Waals surface area (Å²) in [4.78, 5) is 46.5. The first-order valence-corrected chi connectivity index (χ1v) is 31.7. The molecule has 0 saturated heterocycles. The van der Waals surface area contributed by atoms with Crippen molar-refractivity contribution in [2.24, 2.45) is 0 Å². The lowest BCUT2D eigenvalue weighted by atomic mass is 10.0. The first-order valence-electron chi connectivity index (χ1n) is 31.7. The highest BCUT2D eigenvalue weighted by Crippen LogP contribution is 2.40. The van der Waals surface area contributed by atoms with Gasteiger partial charge in [0.25, 0.3) is 0 Å². The second-order valence-electron chi connectivity index (χ2n) is 22.5. The summed E-state index contributed by atoms with van der Waals surface area (Å²) >= 11 is 0. The molecule has 0 atom stereocenters. The Balaban J connectivity index is 0.000000136. The van der Waals surface area contributed by atoms with E-state index in [1.807, 2.05) is 182 Å². The van der Waals surface area contributed by atoms with Crippen LogP contribution in [0.15, 0.2) is 255 Å². The molecule has 14 aromatic rings. The second-order valence-corrected chi connectivity index (χ2v) is 22.5. The quantitative estimate of drug-likeness (QED) is 0.0447. The van der Waals surface area contributed by atoms with Crippen molar-refractivity contribution in [2.45, 2.75) is 45.6 Å². The number of alkyl halides is 3. The minimum absolute atomic E-state index is 0.00847. The molecule has 0 bridgehead atoms. The van der Waals surface area contributed by atoms with Gasteiger partial charge in [0.1, 0.15) is 79.5 Å².